The summed E-state index contributed by atoms with van der Waals surface area (Å²) in [4.78, 5) is 14.3. The fourth-order valence-electron chi connectivity index (χ4n) is 5.82. The Balaban J connectivity index is 1.37. The van der Waals surface area contributed by atoms with Gasteiger partial charge in [-0.2, -0.15) is 4.98 Å². The number of hydrogen-bond donors (Lipinski definition) is 3. The third-order valence-corrected chi connectivity index (χ3v) is 10.7. The molecule has 2 aromatic carbocycles. The first-order chi connectivity index (χ1) is 21.0. The quantitative estimate of drug-likeness (QED) is 0.252. The van der Waals surface area contributed by atoms with Crippen molar-refractivity contribution in [1.29, 1.82) is 0 Å². The lowest BCUT2D eigenvalue weighted by atomic mass is 10.0. The molecule has 0 unspecified atom stereocenters. The van der Waals surface area contributed by atoms with Gasteiger partial charge in [0.15, 0.2) is 15.7 Å². The molecular formula is C32H44ClN7O3S. The van der Waals surface area contributed by atoms with Crippen LogP contribution in [0.4, 0.5) is 28.8 Å². The van der Waals surface area contributed by atoms with Crippen molar-refractivity contribution in [3.63, 3.8) is 0 Å². The highest BCUT2D eigenvalue weighted by atomic mass is 35.5. The zero-order chi connectivity index (χ0) is 31.4. The molecule has 2 aliphatic rings. The average molecular weight is 642 g/mol. The van der Waals surface area contributed by atoms with Crippen LogP contribution in [0.5, 0.6) is 5.75 Å². The summed E-state index contributed by atoms with van der Waals surface area (Å²) >= 11 is 6.47. The Morgan fingerprint density at radius 3 is 2.39 bits per heavy atom. The van der Waals surface area contributed by atoms with Crippen molar-refractivity contribution in [3.05, 3.63) is 53.2 Å². The van der Waals surface area contributed by atoms with Gasteiger partial charge in [-0.15, -0.1) is 0 Å². The van der Waals surface area contributed by atoms with E-state index in [2.05, 4.69) is 54.8 Å². The van der Waals surface area contributed by atoms with E-state index in [0.29, 0.717) is 29.2 Å². The fourth-order valence-corrected chi connectivity index (χ4v) is 7.16. The molecule has 0 radical (unpaired) electrons. The van der Waals surface area contributed by atoms with Crippen LogP contribution in [0.25, 0.3) is 0 Å². The van der Waals surface area contributed by atoms with Crippen LogP contribution >= 0.6 is 11.6 Å². The summed E-state index contributed by atoms with van der Waals surface area (Å²) in [5.41, 5.74) is 3.45. The highest BCUT2D eigenvalue weighted by Gasteiger charge is 2.27. The maximum absolute atomic E-state index is 13.0. The number of hydrogen-bond acceptors (Lipinski definition) is 10. The van der Waals surface area contributed by atoms with Crippen molar-refractivity contribution in [3.8, 4) is 5.75 Å². The minimum atomic E-state index is -3.53. The normalized spacial score (nSPS) is 16.9. The second-order valence-electron chi connectivity index (χ2n) is 12.0. The van der Waals surface area contributed by atoms with Gasteiger partial charge in [-0.25, -0.2) is 13.4 Å². The number of sulfone groups is 1. The molecule has 0 atom stereocenters. The van der Waals surface area contributed by atoms with Crippen molar-refractivity contribution in [2.24, 2.45) is 0 Å². The Morgan fingerprint density at radius 2 is 1.70 bits per heavy atom. The molecule has 238 valence electrons. The third kappa shape index (κ3) is 7.39. The lowest BCUT2D eigenvalue weighted by Crippen LogP contribution is -2.52. The largest absolute Gasteiger partial charge is 0.489 e. The van der Waals surface area contributed by atoms with Crippen LogP contribution in [0.2, 0.25) is 5.02 Å². The van der Waals surface area contributed by atoms with Crippen LogP contribution in [0.1, 0.15) is 46.1 Å². The van der Waals surface area contributed by atoms with E-state index in [-0.39, 0.29) is 16.0 Å². The molecule has 44 heavy (non-hydrogen) atoms. The first-order valence-corrected chi connectivity index (χ1v) is 17.4. The van der Waals surface area contributed by atoms with Crippen molar-refractivity contribution >= 4 is 50.3 Å². The van der Waals surface area contributed by atoms with Crippen LogP contribution in [-0.4, -0.2) is 79.9 Å². The molecule has 5 rings (SSSR count). The average Bonchev–Trinajstić information content (AvgIpc) is 3.00. The van der Waals surface area contributed by atoms with E-state index in [1.165, 1.54) is 11.9 Å². The van der Waals surface area contributed by atoms with E-state index in [4.69, 9.17) is 16.3 Å². The molecule has 3 aromatic rings. The Kier molecular flexibility index (Phi) is 10.2. The summed E-state index contributed by atoms with van der Waals surface area (Å²) in [6, 6.07) is 11.6. The number of para-hydroxylation sites is 1. The van der Waals surface area contributed by atoms with Crippen LogP contribution < -0.4 is 25.6 Å². The molecule has 3 N–H and O–H groups in total. The molecule has 2 fully saturated rings. The molecule has 3 heterocycles. The van der Waals surface area contributed by atoms with Crippen molar-refractivity contribution in [1.82, 2.24) is 20.2 Å². The molecule has 1 aromatic heterocycles. The topological polar surface area (TPSA) is 112 Å². The zero-order valence-electron chi connectivity index (χ0n) is 26.2. The Labute approximate surface area is 266 Å². The number of anilines is 5. The number of piperazine rings is 1. The lowest BCUT2D eigenvalue weighted by molar-refractivity contribution is 0.150. The van der Waals surface area contributed by atoms with Crippen LogP contribution in [-0.2, 0) is 9.84 Å². The van der Waals surface area contributed by atoms with Crippen molar-refractivity contribution in [2.45, 2.75) is 69.8 Å². The van der Waals surface area contributed by atoms with Gasteiger partial charge >= 0.3 is 0 Å². The molecule has 12 heteroatoms. The summed E-state index contributed by atoms with van der Waals surface area (Å²) in [7, 11) is -3.53. The SMILES string of the molecule is Cc1cc(Nc2ncc(Cl)c(Nc3ccccc3S(=O)(=O)C(C)C)n2)c(OC(C)C)cc1N1CCC(N2CCNCC2)CC1. The van der Waals surface area contributed by atoms with Crippen molar-refractivity contribution in [2.75, 3.05) is 54.8 Å². The van der Waals surface area contributed by atoms with E-state index < -0.39 is 15.1 Å². The first kappa shape index (κ1) is 32.3. The third-order valence-electron chi connectivity index (χ3n) is 8.19. The van der Waals surface area contributed by atoms with E-state index in [0.717, 1.165) is 63.4 Å². The standard InChI is InChI=1S/C32H44ClN7O3S/c1-21(2)43-29-19-28(40-14-10-24(11-15-40)39-16-12-34-13-17-39)23(5)18-27(29)37-32-35-20-25(33)31(38-32)36-26-8-6-7-9-30(26)44(41,42)22(3)4/h6-9,18-22,24,34H,10-17H2,1-5H3,(H2,35,36,37,38). The highest BCUT2D eigenvalue weighted by molar-refractivity contribution is 7.92. The monoisotopic (exact) mass is 641 g/mol. The minimum Gasteiger partial charge on any atom is -0.489 e. The minimum absolute atomic E-state index is 0.0349. The zero-order valence-corrected chi connectivity index (χ0v) is 27.8. The van der Waals surface area contributed by atoms with Gasteiger partial charge in [-0.05, 0) is 71.2 Å². The van der Waals surface area contributed by atoms with Gasteiger partial charge in [0.05, 0.1) is 33.8 Å². The number of piperidine rings is 1. The molecule has 2 saturated heterocycles. The van der Waals surface area contributed by atoms with E-state index in [1.807, 2.05) is 13.8 Å². The number of nitrogens with zero attached hydrogens (tertiary/aromatic N) is 4. The number of rotatable bonds is 10. The number of aromatic nitrogens is 2. The molecule has 2 aliphatic heterocycles. The van der Waals surface area contributed by atoms with Crippen molar-refractivity contribution < 1.29 is 13.2 Å². The molecule has 0 aliphatic carbocycles. The van der Waals surface area contributed by atoms with Gasteiger partial charge in [0.25, 0.3) is 0 Å². The van der Waals surface area contributed by atoms with Gasteiger partial charge in [0.1, 0.15) is 10.8 Å². The van der Waals surface area contributed by atoms with Crippen LogP contribution in [0, 0.1) is 6.92 Å². The second-order valence-corrected chi connectivity index (χ2v) is 14.9. The maximum atomic E-state index is 13.0. The number of halogens is 1. The molecule has 0 amide bonds. The number of benzene rings is 2. The second kappa shape index (κ2) is 13.9. The number of ether oxygens (including phenoxy) is 1. The smallest absolute Gasteiger partial charge is 0.229 e. The predicted octanol–water partition coefficient (Wildman–Crippen LogP) is 5.77. The van der Waals surface area contributed by atoms with Gasteiger partial charge in [-0.1, -0.05) is 23.7 Å². The van der Waals surface area contributed by atoms with Crippen LogP contribution in [0.3, 0.4) is 0 Å². The summed E-state index contributed by atoms with van der Waals surface area (Å²) in [5.74, 6) is 1.31. The summed E-state index contributed by atoms with van der Waals surface area (Å²) in [5, 5.41) is 9.58. The molecule has 0 spiro atoms. The maximum Gasteiger partial charge on any atom is 0.229 e. The Bertz CT molecular complexity index is 1550. The van der Waals surface area contributed by atoms with E-state index >= 15 is 0 Å². The predicted molar refractivity (Wildman–Crippen MR) is 179 cm³/mol. The van der Waals surface area contributed by atoms with E-state index in [9.17, 15) is 8.42 Å². The van der Waals surface area contributed by atoms with Gasteiger partial charge < -0.3 is 25.6 Å². The van der Waals surface area contributed by atoms with Crippen LogP contribution in [0.15, 0.2) is 47.5 Å². The molecule has 0 bridgehead atoms. The number of aryl methyl sites for hydroxylation is 1. The highest BCUT2D eigenvalue weighted by Crippen LogP contribution is 2.37. The first-order valence-electron chi connectivity index (χ1n) is 15.4. The summed E-state index contributed by atoms with van der Waals surface area (Å²) in [6.07, 6.45) is 3.75. The Hall–Kier alpha value is -3.12. The molecule has 0 saturated carbocycles. The molecule has 10 nitrogen and oxygen atoms in total. The Morgan fingerprint density at radius 1 is 1.00 bits per heavy atom. The number of nitrogens with one attached hydrogen (secondary N) is 3. The lowest BCUT2D eigenvalue weighted by Gasteiger charge is -2.41. The summed E-state index contributed by atoms with van der Waals surface area (Å²) < 4.78 is 32.2. The fraction of sp³-hybridized carbons (Fsp3) is 0.500. The molecular weight excluding hydrogens is 598 g/mol. The summed E-state index contributed by atoms with van der Waals surface area (Å²) in [6.45, 7) is 15.9. The van der Waals surface area contributed by atoms with E-state index in [1.54, 1.807) is 38.1 Å². The van der Waals surface area contributed by atoms with Gasteiger partial charge in [0.2, 0.25) is 5.95 Å². The van der Waals surface area contributed by atoms with Gasteiger partial charge in [0, 0.05) is 57.1 Å². The van der Waals surface area contributed by atoms with Gasteiger partial charge in [-0.3, -0.25) is 4.90 Å².